The lowest BCUT2D eigenvalue weighted by molar-refractivity contribution is 0.327. The first kappa shape index (κ1) is 10.8. The number of benzene rings is 1. The summed E-state index contributed by atoms with van der Waals surface area (Å²) in [6.07, 6.45) is 1.75. The van der Waals surface area contributed by atoms with Gasteiger partial charge in [-0.2, -0.15) is 0 Å². The second kappa shape index (κ2) is 4.48. The summed E-state index contributed by atoms with van der Waals surface area (Å²) < 4.78 is 2.03. The minimum absolute atomic E-state index is 0.524. The molecule has 0 spiro atoms. The molecule has 2 aromatic rings. The maximum atomic E-state index is 6.02. The van der Waals surface area contributed by atoms with Crippen LogP contribution in [0.2, 0.25) is 0 Å². The van der Waals surface area contributed by atoms with Gasteiger partial charge in [0.15, 0.2) is 11.8 Å². The summed E-state index contributed by atoms with van der Waals surface area (Å²) in [4.78, 5) is 6.41. The predicted molar refractivity (Wildman–Crippen MR) is 68.2 cm³/mol. The Balaban J connectivity index is 1.79. The molecule has 6 nitrogen and oxygen atoms in total. The average molecular weight is 242 g/mol. The van der Waals surface area contributed by atoms with Crippen LogP contribution in [0.5, 0.6) is 0 Å². The van der Waals surface area contributed by atoms with E-state index in [0.717, 1.165) is 24.6 Å². The largest absolute Gasteiger partial charge is 0.369 e. The van der Waals surface area contributed by atoms with Crippen molar-refractivity contribution in [2.75, 3.05) is 6.54 Å². The van der Waals surface area contributed by atoms with E-state index in [1.165, 1.54) is 0 Å². The van der Waals surface area contributed by atoms with Gasteiger partial charge in [-0.25, -0.2) is 4.99 Å². The highest BCUT2D eigenvalue weighted by atomic mass is 15.4. The Labute approximate surface area is 105 Å². The van der Waals surface area contributed by atoms with E-state index < -0.39 is 0 Å². The molecule has 0 saturated heterocycles. The van der Waals surface area contributed by atoms with Gasteiger partial charge in [0.05, 0.1) is 12.2 Å². The summed E-state index contributed by atoms with van der Waals surface area (Å²) in [6.45, 7) is 2.32. The Morgan fingerprint density at radius 3 is 2.89 bits per heavy atom. The molecule has 0 aliphatic carbocycles. The monoisotopic (exact) mass is 242 g/mol. The van der Waals surface area contributed by atoms with E-state index in [4.69, 9.17) is 5.73 Å². The van der Waals surface area contributed by atoms with Crippen LogP contribution in [0.1, 0.15) is 5.82 Å². The second-order valence-corrected chi connectivity index (χ2v) is 4.17. The van der Waals surface area contributed by atoms with Crippen molar-refractivity contribution in [3.63, 3.8) is 0 Å². The highest BCUT2D eigenvalue weighted by Gasteiger charge is 2.18. The Hall–Kier alpha value is -2.37. The molecule has 1 aliphatic rings. The molecule has 0 radical (unpaired) electrons. The number of nitrogens with two attached hydrogens (primary N) is 1. The minimum Gasteiger partial charge on any atom is -0.369 e. The molecule has 0 amide bonds. The van der Waals surface area contributed by atoms with Gasteiger partial charge in [-0.1, -0.05) is 18.2 Å². The molecule has 92 valence electrons. The topological polar surface area (TPSA) is 72.3 Å². The van der Waals surface area contributed by atoms with Gasteiger partial charge in [-0.05, 0) is 12.1 Å². The molecular formula is C12H14N6. The third-order valence-corrected chi connectivity index (χ3v) is 2.96. The average Bonchev–Trinajstić information content (AvgIpc) is 2.87. The first-order valence-corrected chi connectivity index (χ1v) is 5.84. The smallest absolute Gasteiger partial charge is 0.196 e. The van der Waals surface area contributed by atoms with Crippen LogP contribution in [0, 0.1) is 0 Å². The van der Waals surface area contributed by atoms with Gasteiger partial charge in [-0.15, -0.1) is 10.2 Å². The molecule has 0 bridgehead atoms. The van der Waals surface area contributed by atoms with Crippen molar-refractivity contribution in [2.45, 2.75) is 13.1 Å². The van der Waals surface area contributed by atoms with Crippen molar-refractivity contribution >= 4 is 11.6 Å². The number of aromatic nitrogens is 3. The highest BCUT2D eigenvalue weighted by molar-refractivity contribution is 5.81. The van der Waals surface area contributed by atoms with E-state index in [1.54, 1.807) is 6.33 Å². The molecule has 3 rings (SSSR count). The SMILES string of the molecule is NC(=Nc1ccccc1)N1CCn2cnnc2C1. The fourth-order valence-electron chi connectivity index (χ4n) is 1.97. The van der Waals surface area contributed by atoms with Gasteiger partial charge < -0.3 is 15.2 Å². The number of guanidine groups is 1. The Morgan fingerprint density at radius 2 is 2.06 bits per heavy atom. The molecule has 18 heavy (non-hydrogen) atoms. The van der Waals surface area contributed by atoms with Crippen molar-refractivity contribution in [1.29, 1.82) is 0 Å². The van der Waals surface area contributed by atoms with Crippen LogP contribution < -0.4 is 5.73 Å². The standard InChI is InChI=1S/C12H14N6/c13-12(15-10-4-2-1-3-5-10)17-6-7-18-9-14-16-11(18)8-17/h1-5,9H,6-8H2,(H2,13,15). The van der Waals surface area contributed by atoms with Crippen LogP contribution in [0.3, 0.4) is 0 Å². The number of aliphatic imine (C=N–C) groups is 1. The van der Waals surface area contributed by atoms with Crippen LogP contribution in [-0.4, -0.2) is 32.2 Å². The van der Waals surface area contributed by atoms with E-state index in [0.29, 0.717) is 12.5 Å². The summed E-state index contributed by atoms with van der Waals surface area (Å²) in [6, 6.07) is 9.70. The molecule has 1 aromatic carbocycles. The first-order chi connectivity index (χ1) is 8.83. The number of para-hydroxylation sites is 1. The fraction of sp³-hybridized carbons (Fsp3) is 0.250. The van der Waals surface area contributed by atoms with Crippen LogP contribution in [0.15, 0.2) is 41.7 Å². The normalized spacial score (nSPS) is 15.6. The summed E-state index contributed by atoms with van der Waals surface area (Å²) in [5, 5.41) is 7.94. The maximum Gasteiger partial charge on any atom is 0.196 e. The van der Waals surface area contributed by atoms with E-state index in [1.807, 2.05) is 39.8 Å². The minimum atomic E-state index is 0.524. The van der Waals surface area contributed by atoms with E-state index in [-0.39, 0.29) is 0 Å². The summed E-state index contributed by atoms with van der Waals surface area (Å²) in [5.74, 6) is 1.45. The van der Waals surface area contributed by atoms with Gasteiger partial charge in [0.25, 0.3) is 0 Å². The van der Waals surface area contributed by atoms with E-state index in [2.05, 4.69) is 15.2 Å². The number of hydrogen-bond acceptors (Lipinski definition) is 3. The molecule has 2 heterocycles. The molecule has 2 N–H and O–H groups in total. The Kier molecular flexibility index (Phi) is 2.68. The molecule has 6 heteroatoms. The zero-order valence-corrected chi connectivity index (χ0v) is 9.90. The third-order valence-electron chi connectivity index (χ3n) is 2.96. The van der Waals surface area contributed by atoms with Gasteiger partial charge in [0.1, 0.15) is 6.33 Å². The van der Waals surface area contributed by atoms with Crippen LogP contribution in [0.4, 0.5) is 5.69 Å². The van der Waals surface area contributed by atoms with Crippen LogP contribution in [-0.2, 0) is 13.1 Å². The van der Waals surface area contributed by atoms with E-state index >= 15 is 0 Å². The molecule has 0 atom stereocenters. The molecule has 1 aromatic heterocycles. The van der Waals surface area contributed by atoms with Gasteiger partial charge >= 0.3 is 0 Å². The number of fused-ring (bicyclic) bond motifs is 1. The van der Waals surface area contributed by atoms with Gasteiger partial charge in [0.2, 0.25) is 0 Å². The molecule has 0 fully saturated rings. The molecular weight excluding hydrogens is 228 g/mol. The zero-order valence-electron chi connectivity index (χ0n) is 9.90. The summed E-state index contributed by atoms with van der Waals surface area (Å²) >= 11 is 0. The number of nitrogens with zero attached hydrogens (tertiary/aromatic N) is 5. The lowest BCUT2D eigenvalue weighted by atomic mass is 10.3. The molecule has 1 aliphatic heterocycles. The van der Waals surface area contributed by atoms with E-state index in [9.17, 15) is 0 Å². The Bertz CT molecular complexity index is 559. The van der Waals surface area contributed by atoms with Crippen LogP contribution >= 0.6 is 0 Å². The zero-order chi connectivity index (χ0) is 12.4. The van der Waals surface area contributed by atoms with Crippen LogP contribution in [0.25, 0.3) is 0 Å². The van der Waals surface area contributed by atoms with Crippen molar-refractivity contribution < 1.29 is 0 Å². The third kappa shape index (κ3) is 2.04. The predicted octanol–water partition coefficient (Wildman–Crippen LogP) is 0.740. The van der Waals surface area contributed by atoms with Crippen molar-refractivity contribution in [1.82, 2.24) is 19.7 Å². The number of rotatable bonds is 1. The van der Waals surface area contributed by atoms with Crippen molar-refractivity contribution in [2.24, 2.45) is 10.7 Å². The van der Waals surface area contributed by atoms with Crippen molar-refractivity contribution in [3.05, 3.63) is 42.5 Å². The lowest BCUT2D eigenvalue weighted by Crippen LogP contribution is -2.42. The summed E-state index contributed by atoms with van der Waals surface area (Å²) in [7, 11) is 0. The molecule has 0 saturated carbocycles. The lowest BCUT2D eigenvalue weighted by Gasteiger charge is -2.27. The highest BCUT2D eigenvalue weighted by Crippen LogP contribution is 2.13. The Morgan fingerprint density at radius 1 is 1.22 bits per heavy atom. The maximum absolute atomic E-state index is 6.02. The van der Waals surface area contributed by atoms with Gasteiger partial charge in [-0.3, -0.25) is 0 Å². The second-order valence-electron chi connectivity index (χ2n) is 4.17. The fourth-order valence-corrected chi connectivity index (χ4v) is 1.97. The summed E-state index contributed by atoms with van der Waals surface area (Å²) in [5.41, 5.74) is 6.89. The first-order valence-electron chi connectivity index (χ1n) is 5.84. The quantitative estimate of drug-likeness (QED) is 0.591. The van der Waals surface area contributed by atoms with Gasteiger partial charge in [0, 0.05) is 13.1 Å². The van der Waals surface area contributed by atoms with Crippen molar-refractivity contribution in [3.8, 4) is 0 Å². The number of hydrogen-bond donors (Lipinski definition) is 1. The molecule has 0 unspecified atom stereocenters.